The number of hydrogen-bond donors (Lipinski definition) is 1. The monoisotopic (exact) mass is 396 g/mol. The van der Waals surface area contributed by atoms with E-state index in [0.29, 0.717) is 22.9 Å². The molecule has 0 atom stereocenters. The van der Waals surface area contributed by atoms with Crippen molar-refractivity contribution in [3.8, 4) is 5.75 Å². The van der Waals surface area contributed by atoms with Crippen molar-refractivity contribution in [3.63, 3.8) is 0 Å². The van der Waals surface area contributed by atoms with Crippen LogP contribution >= 0.6 is 11.8 Å². The van der Waals surface area contributed by atoms with Gasteiger partial charge < -0.3 is 10.1 Å². The molecular weight excluding hydrogens is 376 g/mol. The van der Waals surface area contributed by atoms with E-state index in [0.717, 1.165) is 27.8 Å². The lowest BCUT2D eigenvalue weighted by Crippen LogP contribution is -2.36. The second-order valence-electron chi connectivity index (χ2n) is 6.19. The van der Waals surface area contributed by atoms with E-state index < -0.39 is 17.1 Å². The highest BCUT2D eigenvalue weighted by atomic mass is 32.2. The summed E-state index contributed by atoms with van der Waals surface area (Å²) in [6.45, 7) is 4.07. The molecule has 1 aliphatic heterocycles. The lowest BCUT2D eigenvalue weighted by Gasteiger charge is -2.12. The van der Waals surface area contributed by atoms with Gasteiger partial charge in [0, 0.05) is 5.69 Å². The van der Waals surface area contributed by atoms with Crippen molar-refractivity contribution in [2.75, 3.05) is 18.5 Å². The summed E-state index contributed by atoms with van der Waals surface area (Å²) in [5.41, 5.74) is 2.46. The molecule has 6 nitrogen and oxygen atoms in total. The highest BCUT2D eigenvalue weighted by Crippen LogP contribution is 2.32. The molecule has 1 N–H and O–H groups in total. The van der Waals surface area contributed by atoms with E-state index in [2.05, 4.69) is 5.32 Å². The van der Waals surface area contributed by atoms with Gasteiger partial charge in [0.2, 0.25) is 5.91 Å². The van der Waals surface area contributed by atoms with Crippen molar-refractivity contribution in [1.29, 1.82) is 0 Å². The molecule has 144 valence electrons. The van der Waals surface area contributed by atoms with Gasteiger partial charge in [-0.3, -0.25) is 19.3 Å². The molecule has 0 aliphatic carbocycles. The predicted octanol–water partition coefficient (Wildman–Crippen LogP) is 4.07. The summed E-state index contributed by atoms with van der Waals surface area (Å²) in [4.78, 5) is 38.2. The molecule has 0 unspecified atom stereocenters. The highest BCUT2D eigenvalue weighted by Gasteiger charge is 2.36. The standard InChI is InChI=1S/C21H20N2O4S/c1-3-27-17-9-7-16(8-10-17)22-19(24)13-23-20(25)18(28-21(23)26)12-15-6-4-5-14(2)11-15/h4-12H,3,13H2,1-2H3,(H,22,24)/b18-12+. The fourth-order valence-corrected chi connectivity index (χ4v) is 3.53. The molecular formula is C21H20N2O4S. The van der Waals surface area contributed by atoms with E-state index >= 15 is 0 Å². The molecule has 28 heavy (non-hydrogen) atoms. The van der Waals surface area contributed by atoms with E-state index in [4.69, 9.17) is 4.74 Å². The van der Waals surface area contributed by atoms with Crippen LogP contribution in [0.3, 0.4) is 0 Å². The van der Waals surface area contributed by atoms with E-state index in [9.17, 15) is 14.4 Å². The van der Waals surface area contributed by atoms with Gasteiger partial charge in [0.1, 0.15) is 12.3 Å². The van der Waals surface area contributed by atoms with Gasteiger partial charge >= 0.3 is 0 Å². The van der Waals surface area contributed by atoms with E-state index in [-0.39, 0.29) is 6.54 Å². The van der Waals surface area contributed by atoms with Gasteiger partial charge in [-0.15, -0.1) is 0 Å². The smallest absolute Gasteiger partial charge is 0.294 e. The SMILES string of the molecule is CCOc1ccc(NC(=O)CN2C(=O)S/C(=C/c3cccc(C)c3)C2=O)cc1. The zero-order valence-electron chi connectivity index (χ0n) is 15.6. The number of nitrogens with zero attached hydrogens (tertiary/aromatic N) is 1. The van der Waals surface area contributed by atoms with Gasteiger partial charge in [0.05, 0.1) is 11.5 Å². The number of anilines is 1. The Hall–Kier alpha value is -3.06. The van der Waals surface area contributed by atoms with Crippen molar-refractivity contribution in [2.24, 2.45) is 0 Å². The summed E-state index contributed by atoms with van der Waals surface area (Å²) in [6, 6.07) is 14.5. The maximum absolute atomic E-state index is 12.5. The lowest BCUT2D eigenvalue weighted by atomic mass is 10.1. The molecule has 1 aliphatic rings. The number of carbonyl (C=O) groups is 3. The summed E-state index contributed by atoms with van der Waals surface area (Å²) in [6.07, 6.45) is 1.67. The highest BCUT2D eigenvalue weighted by molar-refractivity contribution is 8.18. The Labute approximate surface area is 167 Å². The Morgan fingerprint density at radius 1 is 1.18 bits per heavy atom. The van der Waals surface area contributed by atoms with Crippen LogP contribution in [-0.2, 0) is 9.59 Å². The van der Waals surface area contributed by atoms with Crippen molar-refractivity contribution in [2.45, 2.75) is 13.8 Å². The summed E-state index contributed by atoms with van der Waals surface area (Å²) in [5.74, 6) is -0.200. The van der Waals surface area contributed by atoms with Crippen molar-refractivity contribution in [1.82, 2.24) is 4.90 Å². The Balaban J connectivity index is 1.64. The van der Waals surface area contributed by atoms with Crippen LogP contribution in [0.2, 0.25) is 0 Å². The maximum Gasteiger partial charge on any atom is 0.294 e. The zero-order valence-corrected chi connectivity index (χ0v) is 16.4. The molecule has 0 radical (unpaired) electrons. The number of rotatable bonds is 6. The predicted molar refractivity (Wildman–Crippen MR) is 110 cm³/mol. The molecule has 3 rings (SSSR count). The van der Waals surface area contributed by atoms with Gasteiger partial charge in [-0.25, -0.2) is 0 Å². The number of amides is 3. The van der Waals surface area contributed by atoms with Crippen LogP contribution in [0.4, 0.5) is 10.5 Å². The van der Waals surface area contributed by atoms with Crippen LogP contribution < -0.4 is 10.1 Å². The van der Waals surface area contributed by atoms with Crippen LogP contribution in [0.1, 0.15) is 18.1 Å². The van der Waals surface area contributed by atoms with Gasteiger partial charge in [0.15, 0.2) is 0 Å². The molecule has 1 fully saturated rings. The van der Waals surface area contributed by atoms with Gasteiger partial charge in [0.25, 0.3) is 11.1 Å². The lowest BCUT2D eigenvalue weighted by molar-refractivity contribution is -0.127. The van der Waals surface area contributed by atoms with Gasteiger partial charge in [-0.05, 0) is 61.5 Å². The maximum atomic E-state index is 12.5. The number of aryl methyl sites for hydroxylation is 1. The number of benzene rings is 2. The van der Waals surface area contributed by atoms with Crippen LogP contribution in [-0.4, -0.2) is 35.1 Å². The molecule has 3 amide bonds. The third-order valence-electron chi connectivity index (χ3n) is 3.96. The minimum atomic E-state index is -0.460. The first-order chi connectivity index (χ1) is 13.5. The second kappa shape index (κ2) is 8.75. The molecule has 1 heterocycles. The number of thioether (sulfide) groups is 1. The average Bonchev–Trinajstić information content (AvgIpc) is 2.91. The molecule has 0 bridgehead atoms. The number of carbonyl (C=O) groups excluding carboxylic acids is 3. The van der Waals surface area contributed by atoms with Gasteiger partial charge in [-0.1, -0.05) is 29.8 Å². The fraction of sp³-hybridized carbons (Fsp3) is 0.190. The minimum Gasteiger partial charge on any atom is -0.494 e. The first kappa shape index (κ1) is 19.7. The van der Waals surface area contributed by atoms with Crippen molar-refractivity contribution >= 4 is 40.6 Å². The summed E-state index contributed by atoms with van der Waals surface area (Å²) < 4.78 is 5.35. The Bertz CT molecular complexity index is 938. The molecule has 0 saturated carbocycles. The number of hydrogen-bond acceptors (Lipinski definition) is 5. The second-order valence-corrected chi connectivity index (χ2v) is 7.18. The minimum absolute atomic E-state index is 0.310. The molecule has 7 heteroatoms. The number of nitrogens with one attached hydrogen (secondary N) is 1. The normalized spacial score (nSPS) is 15.2. The van der Waals surface area contributed by atoms with E-state index in [1.54, 1.807) is 30.3 Å². The third kappa shape index (κ3) is 4.80. The van der Waals surface area contributed by atoms with Crippen LogP contribution in [0.25, 0.3) is 6.08 Å². The summed E-state index contributed by atoms with van der Waals surface area (Å²) >= 11 is 0.840. The Kier molecular flexibility index (Phi) is 6.16. The van der Waals surface area contributed by atoms with Gasteiger partial charge in [-0.2, -0.15) is 0 Å². The first-order valence-electron chi connectivity index (χ1n) is 8.81. The molecule has 0 aromatic heterocycles. The molecule has 2 aromatic rings. The number of ether oxygens (including phenoxy) is 1. The van der Waals surface area contributed by atoms with Crippen LogP contribution in [0, 0.1) is 6.92 Å². The first-order valence-corrected chi connectivity index (χ1v) is 9.62. The summed E-state index contributed by atoms with van der Waals surface area (Å²) in [5, 5.41) is 2.23. The Morgan fingerprint density at radius 2 is 1.93 bits per heavy atom. The van der Waals surface area contributed by atoms with E-state index in [1.807, 2.05) is 38.1 Å². The molecule has 2 aromatic carbocycles. The van der Waals surface area contributed by atoms with Crippen LogP contribution in [0.5, 0.6) is 5.75 Å². The molecule has 1 saturated heterocycles. The number of imide groups is 1. The average molecular weight is 396 g/mol. The third-order valence-corrected chi connectivity index (χ3v) is 4.87. The van der Waals surface area contributed by atoms with Crippen LogP contribution in [0.15, 0.2) is 53.4 Å². The zero-order chi connectivity index (χ0) is 20.1. The van der Waals surface area contributed by atoms with E-state index in [1.165, 1.54) is 0 Å². The van der Waals surface area contributed by atoms with Crippen molar-refractivity contribution in [3.05, 3.63) is 64.6 Å². The fourth-order valence-electron chi connectivity index (χ4n) is 2.69. The quantitative estimate of drug-likeness (QED) is 0.745. The van der Waals surface area contributed by atoms with Crippen molar-refractivity contribution < 1.29 is 19.1 Å². The topological polar surface area (TPSA) is 75.7 Å². The Morgan fingerprint density at radius 3 is 2.61 bits per heavy atom. The largest absolute Gasteiger partial charge is 0.494 e. The molecule has 0 spiro atoms. The summed E-state index contributed by atoms with van der Waals surface area (Å²) in [7, 11) is 0.